The van der Waals surface area contributed by atoms with Gasteiger partial charge in [0.1, 0.15) is 6.07 Å². The first-order valence-electron chi connectivity index (χ1n) is 5.27. The van der Waals surface area contributed by atoms with Gasteiger partial charge in [-0.25, -0.2) is 4.79 Å². The number of halogens is 1. The van der Waals surface area contributed by atoms with Crippen molar-refractivity contribution in [3.05, 3.63) is 40.4 Å². The Kier molecular flexibility index (Phi) is 5.22. The summed E-state index contributed by atoms with van der Waals surface area (Å²) < 4.78 is 4.57. The number of carbonyl (C=O) groups is 1. The van der Waals surface area contributed by atoms with E-state index >= 15 is 0 Å². The van der Waals surface area contributed by atoms with E-state index in [0.717, 1.165) is 5.69 Å². The Morgan fingerprint density at radius 1 is 1.61 bits per heavy atom. The number of nitriles is 1. The summed E-state index contributed by atoms with van der Waals surface area (Å²) in [5, 5.41) is 12.2. The Bertz CT molecular complexity index is 518. The second-order valence-corrected chi connectivity index (χ2v) is 3.97. The van der Waals surface area contributed by atoms with Gasteiger partial charge < -0.3 is 10.1 Å². The van der Waals surface area contributed by atoms with Crippen molar-refractivity contribution < 1.29 is 9.53 Å². The second kappa shape index (κ2) is 6.67. The molecule has 0 bridgehead atoms. The number of methoxy groups -OCH3 is 1. The molecule has 0 heterocycles. The summed E-state index contributed by atoms with van der Waals surface area (Å²) in [4.78, 5) is 11.1. The number of rotatable bonds is 4. The lowest BCUT2D eigenvalue weighted by atomic mass is 10.2. The van der Waals surface area contributed by atoms with E-state index < -0.39 is 0 Å². The normalized spacial score (nSPS) is 10.7. The summed E-state index contributed by atoms with van der Waals surface area (Å²) in [6.07, 6.45) is 1.72. The summed E-state index contributed by atoms with van der Waals surface area (Å²) in [5.74, 6) is -0.352. The van der Waals surface area contributed by atoms with Crippen LogP contribution >= 0.6 is 11.6 Å². The topological polar surface area (TPSA) is 62.1 Å². The minimum Gasteiger partial charge on any atom is -0.466 e. The average Bonchev–Trinajstić information content (AvgIpc) is 2.37. The quantitative estimate of drug-likeness (QED) is 0.671. The van der Waals surface area contributed by atoms with E-state index in [4.69, 9.17) is 16.9 Å². The molecule has 0 saturated carbocycles. The predicted octanol–water partition coefficient (Wildman–Crippen LogP) is 2.74. The molecule has 5 heteroatoms. The van der Waals surface area contributed by atoms with E-state index in [1.807, 2.05) is 6.07 Å². The minimum atomic E-state index is -0.352. The number of hydrogen-bond acceptors (Lipinski definition) is 4. The third-order valence-electron chi connectivity index (χ3n) is 2.31. The zero-order chi connectivity index (χ0) is 13.5. The highest BCUT2D eigenvalue weighted by Gasteiger charge is 2.02. The summed E-state index contributed by atoms with van der Waals surface area (Å²) >= 11 is 5.89. The van der Waals surface area contributed by atoms with Crippen LogP contribution in [-0.4, -0.2) is 19.6 Å². The lowest BCUT2D eigenvalue weighted by molar-refractivity contribution is -0.136. The monoisotopic (exact) mass is 264 g/mol. The predicted molar refractivity (Wildman–Crippen MR) is 70.4 cm³/mol. The van der Waals surface area contributed by atoms with Crippen LogP contribution in [0.15, 0.2) is 29.8 Å². The van der Waals surface area contributed by atoms with Crippen molar-refractivity contribution in [2.45, 2.75) is 6.92 Å². The number of hydrogen-bond donors (Lipinski definition) is 1. The number of carbonyl (C=O) groups excluding carboxylic acids is 1. The molecule has 0 aliphatic heterocycles. The lowest BCUT2D eigenvalue weighted by Crippen LogP contribution is -2.05. The molecule has 1 rings (SSSR count). The van der Waals surface area contributed by atoms with E-state index in [1.54, 1.807) is 31.2 Å². The molecule has 0 aliphatic carbocycles. The van der Waals surface area contributed by atoms with E-state index in [-0.39, 0.29) is 5.97 Å². The van der Waals surface area contributed by atoms with Crippen molar-refractivity contribution in [1.29, 1.82) is 5.26 Å². The molecule has 94 valence electrons. The van der Waals surface area contributed by atoms with Crippen LogP contribution in [0.2, 0.25) is 5.02 Å². The van der Waals surface area contributed by atoms with Crippen LogP contribution in [0.3, 0.4) is 0 Å². The van der Waals surface area contributed by atoms with Gasteiger partial charge >= 0.3 is 5.97 Å². The highest BCUT2D eigenvalue weighted by Crippen LogP contribution is 2.19. The fourth-order valence-corrected chi connectivity index (χ4v) is 1.50. The summed E-state index contributed by atoms with van der Waals surface area (Å²) in [7, 11) is 1.34. The third kappa shape index (κ3) is 3.79. The summed E-state index contributed by atoms with van der Waals surface area (Å²) in [5.41, 5.74) is 1.75. The molecule has 0 fully saturated rings. The first kappa shape index (κ1) is 14.1. The van der Waals surface area contributed by atoms with E-state index in [9.17, 15) is 4.79 Å². The molecule has 0 saturated heterocycles. The van der Waals surface area contributed by atoms with Gasteiger partial charge in [-0.3, -0.25) is 0 Å². The molecule has 1 aromatic rings. The van der Waals surface area contributed by atoms with Crippen LogP contribution in [0, 0.1) is 11.3 Å². The molecular weight excluding hydrogens is 252 g/mol. The van der Waals surface area contributed by atoms with Crippen molar-refractivity contribution in [2.75, 3.05) is 19.0 Å². The fraction of sp³-hybridized carbons (Fsp3) is 0.231. The third-order valence-corrected chi connectivity index (χ3v) is 2.62. The number of esters is 1. The molecule has 0 amide bonds. The van der Waals surface area contributed by atoms with E-state index in [2.05, 4.69) is 10.1 Å². The molecule has 0 unspecified atom stereocenters. The molecule has 0 radical (unpaired) electrons. The molecule has 4 nitrogen and oxygen atoms in total. The zero-order valence-corrected chi connectivity index (χ0v) is 10.9. The van der Waals surface area contributed by atoms with Crippen molar-refractivity contribution in [2.24, 2.45) is 0 Å². The number of benzene rings is 1. The lowest BCUT2D eigenvalue weighted by Gasteiger charge is -2.05. The van der Waals surface area contributed by atoms with Crippen LogP contribution in [-0.2, 0) is 9.53 Å². The van der Waals surface area contributed by atoms with Crippen molar-refractivity contribution >= 4 is 23.3 Å². The number of ether oxygens (including phenoxy) is 1. The van der Waals surface area contributed by atoms with Gasteiger partial charge in [-0.15, -0.1) is 0 Å². The molecule has 0 aromatic heterocycles. The second-order valence-electron chi connectivity index (χ2n) is 3.57. The van der Waals surface area contributed by atoms with Crippen LogP contribution in [0.25, 0.3) is 0 Å². The number of anilines is 1. The van der Waals surface area contributed by atoms with Gasteiger partial charge in [-0.2, -0.15) is 5.26 Å². The molecule has 0 spiro atoms. The number of nitrogens with zero attached hydrogens (tertiary/aromatic N) is 1. The fourth-order valence-electron chi connectivity index (χ4n) is 1.28. The van der Waals surface area contributed by atoms with Crippen LogP contribution in [0.4, 0.5) is 5.69 Å². The smallest absolute Gasteiger partial charge is 0.333 e. The maximum absolute atomic E-state index is 11.1. The SMILES string of the molecule is COC(=O)/C(C)=C/CNc1ccc(C#N)c(Cl)c1. The highest BCUT2D eigenvalue weighted by atomic mass is 35.5. The molecule has 0 aliphatic rings. The largest absolute Gasteiger partial charge is 0.466 e. The first-order chi connectivity index (χ1) is 8.58. The first-order valence-corrected chi connectivity index (χ1v) is 5.65. The molecule has 0 atom stereocenters. The number of nitrogens with one attached hydrogen (secondary N) is 1. The highest BCUT2D eigenvalue weighted by molar-refractivity contribution is 6.32. The molecule has 1 aromatic carbocycles. The van der Waals surface area contributed by atoms with E-state index in [0.29, 0.717) is 22.7 Å². The maximum atomic E-state index is 11.1. The average molecular weight is 265 g/mol. The maximum Gasteiger partial charge on any atom is 0.333 e. The molecular formula is C13H13ClN2O2. The standard InChI is InChI=1S/C13H13ClN2O2/c1-9(13(17)18-2)5-6-16-11-4-3-10(8-15)12(14)7-11/h3-5,7,16H,6H2,1-2H3/b9-5+. The van der Waals surface area contributed by atoms with Gasteiger partial charge in [-0.1, -0.05) is 17.7 Å². The summed E-state index contributed by atoms with van der Waals surface area (Å²) in [6.45, 7) is 2.16. The van der Waals surface area contributed by atoms with Crippen molar-refractivity contribution in [3.63, 3.8) is 0 Å². The van der Waals surface area contributed by atoms with E-state index in [1.165, 1.54) is 7.11 Å². The Morgan fingerprint density at radius 2 is 2.33 bits per heavy atom. The Morgan fingerprint density at radius 3 is 2.89 bits per heavy atom. The zero-order valence-electron chi connectivity index (χ0n) is 10.2. The van der Waals surface area contributed by atoms with Crippen molar-refractivity contribution in [1.82, 2.24) is 0 Å². The van der Waals surface area contributed by atoms with Gasteiger partial charge in [-0.05, 0) is 25.1 Å². The van der Waals surface area contributed by atoms with Crippen LogP contribution in [0.1, 0.15) is 12.5 Å². The van der Waals surface area contributed by atoms with Gasteiger partial charge in [0.2, 0.25) is 0 Å². The van der Waals surface area contributed by atoms with Crippen LogP contribution < -0.4 is 5.32 Å². The van der Waals surface area contributed by atoms with Gasteiger partial charge in [0, 0.05) is 17.8 Å². The Labute approximate surface area is 111 Å². The van der Waals surface area contributed by atoms with Gasteiger partial charge in [0.25, 0.3) is 0 Å². The minimum absolute atomic E-state index is 0.352. The Hall–Kier alpha value is -1.99. The van der Waals surface area contributed by atoms with Crippen molar-refractivity contribution in [3.8, 4) is 6.07 Å². The Balaban J connectivity index is 2.63. The van der Waals surface area contributed by atoms with Crippen LogP contribution in [0.5, 0.6) is 0 Å². The van der Waals surface area contributed by atoms with Gasteiger partial charge in [0.05, 0.1) is 17.7 Å². The molecule has 1 N–H and O–H groups in total. The van der Waals surface area contributed by atoms with Gasteiger partial charge in [0.15, 0.2) is 0 Å². The summed E-state index contributed by atoms with van der Waals surface area (Å²) in [6, 6.07) is 7.05. The molecule has 18 heavy (non-hydrogen) atoms.